The van der Waals surface area contributed by atoms with Crippen molar-refractivity contribution >= 4 is 22.0 Å². The number of aryl methyl sites for hydroxylation is 1. The Labute approximate surface area is 107 Å². The first-order valence-electron chi connectivity index (χ1n) is 5.84. The summed E-state index contributed by atoms with van der Waals surface area (Å²) in [5.41, 5.74) is 2.57. The average Bonchev–Trinajstić information content (AvgIpc) is 3.04. The monoisotopic (exact) mass is 257 g/mol. The molecule has 1 aliphatic heterocycles. The summed E-state index contributed by atoms with van der Waals surface area (Å²) in [6.45, 7) is 1.92. The van der Waals surface area contributed by atoms with Crippen LogP contribution in [0.2, 0.25) is 0 Å². The Hall–Kier alpha value is -1.95. The fraction of sp³-hybridized carbons (Fsp3) is 0.250. The van der Waals surface area contributed by atoms with Crippen molar-refractivity contribution < 1.29 is 0 Å². The van der Waals surface area contributed by atoms with Crippen LogP contribution in [0, 0.1) is 6.92 Å². The molecule has 0 saturated heterocycles. The second kappa shape index (κ2) is 3.52. The molecular formula is C12H11N5S. The molecule has 1 aliphatic rings. The van der Waals surface area contributed by atoms with Gasteiger partial charge in [0.15, 0.2) is 5.82 Å². The van der Waals surface area contributed by atoms with Gasteiger partial charge in [0.05, 0.1) is 6.04 Å². The first kappa shape index (κ1) is 10.0. The molecule has 0 bridgehead atoms. The zero-order valence-electron chi connectivity index (χ0n) is 9.79. The van der Waals surface area contributed by atoms with Crippen LogP contribution in [0.25, 0.3) is 4.96 Å². The van der Waals surface area contributed by atoms with E-state index in [0.29, 0.717) is 0 Å². The van der Waals surface area contributed by atoms with Crippen molar-refractivity contribution in [2.24, 2.45) is 0 Å². The van der Waals surface area contributed by atoms with Gasteiger partial charge in [-0.2, -0.15) is 9.61 Å². The summed E-state index contributed by atoms with van der Waals surface area (Å²) in [4.78, 5) is 0.861. The summed E-state index contributed by atoms with van der Waals surface area (Å²) in [5, 5.41) is 17.3. The number of rotatable bonds is 1. The molecule has 1 N–H and O–H groups in total. The molecule has 90 valence electrons. The lowest BCUT2D eigenvalue weighted by atomic mass is 10.1. The highest BCUT2D eigenvalue weighted by molar-refractivity contribution is 7.16. The van der Waals surface area contributed by atoms with E-state index >= 15 is 0 Å². The number of para-hydroxylation sites is 1. The van der Waals surface area contributed by atoms with E-state index in [1.54, 1.807) is 11.3 Å². The number of anilines is 1. The van der Waals surface area contributed by atoms with E-state index in [1.807, 2.05) is 11.4 Å². The van der Waals surface area contributed by atoms with Crippen LogP contribution >= 0.6 is 11.3 Å². The molecule has 6 heteroatoms. The maximum absolute atomic E-state index is 4.58. The van der Waals surface area contributed by atoms with E-state index in [1.165, 1.54) is 11.3 Å². The van der Waals surface area contributed by atoms with Crippen LogP contribution in [0.5, 0.6) is 0 Å². The second-order valence-corrected chi connectivity index (χ2v) is 5.43. The van der Waals surface area contributed by atoms with Gasteiger partial charge in [-0.15, -0.1) is 10.2 Å². The number of nitrogens with zero attached hydrogens (tertiary/aromatic N) is 4. The van der Waals surface area contributed by atoms with E-state index < -0.39 is 0 Å². The quantitative estimate of drug-likeness (QED) is 0.726. The maximum atomic E-state index is 4.58. The molecule has 1 atom stereocenters. The molecule has 0 fully saturated rings. The Morgan fingerprint density at radius 2 is 2.22 bits per heavy atom. The van der Waals surface area contributed by atoms with Gasteiger partial charge in [0.1, 0.15) is 5.01 Å². The summed E-state index contributed by atoms with van der Waals surface area (Å²) < 4.78 is 1.81. The van der Waals surface area contributed by atoms with Crippen molar-refractivity contribution in [3.8, 4) is 0 Å². The van der Waals surface area contributed by atoms with Crippen LogP contribution in [0.1, 0.15) is 22.4 Å². The fourth-order valence-electron chi connectivity index (χ4n) is 2.32. The van der Waals surface area contributed by atoms with Crippen molar-refractivity contribution in [2.75, 3.05) is 5.32 Å². The SMILES string of the molecule is Cc1nnc2sc(C3Cc4ccccc4N3)nn12. The highest BCUT2D eigenvalue weighted by Gasteiger charge is 2.25. The normalized spacial score (nSPS) is 17.9. The lowest BCUT2D eigenvalue weighted by Gasteiger charge is -2.05. The van der Waals surface area contributed by atoms with Crippen LogP contribution in [0.3, 0.4) is 0 Å². The largest absolute Gasteiger partial charge is 0.375 e. The molecule has 1 aromatic carbocycles. The number of nitrogens with one attached hydrogen (secondary N) is 1. The Morgan fingerprint density at radius 3 is 3.06 bits per heavy atom. The first-order chi connectivity index (χ1) is 8.81. The number of aromatic nitrogens is 4. The summed E-state index contributed by atoms with van der Waals surface area (Å²) >= 11 is 1.60. The molecule has 0 spiro atoms. The lowest BCUT2D eigenvalue weighted by molar-refractivity contribution is 0.764. The van der Waals surface area contributed by atoms with Crippen molar-refractivity contribution in [1.82, 2.24) is 19.8 Å². The second-order valence-electron chi connectivity index (χ2n) is 4.44. The summed E-state index contributed by atoms with van der Waals surface area (Å²) in [6, 6.07) is 8.66. The van der Waals surface area contributed by atoms with Crippen LogP contribution in [0.15, 0.2) is 24.3 Å². The highest BCUT2D eigenvalue weighted by Crippen LogP contribution is 2.35. The molecule has 0 aliphatic carbocycles. The van der Waals surface area contributed by atoms with Gasteiger partial charge in [0.25, 0.3) is 0 Å². The fourth-order valence-corrected chi connectivity index (χ4v) is 3.25. The van der Waals surface area contributed by atoms with E-state index in [9.17, 15) is 0 Å². The Kier molecular flexibility index (Phi) is 1.96. The topological polar surface area (TPSA) is 55.1 Å². The van der Waals surface area contributed by atoms with Crippen LogP contribution in [-0.4, -0.2) is 19.8 Å². The third-order valence-corrected chi connectivity index (χ3v) is 4.24. The average molecular weight is 257 g/mol. The molecule has 3 aromatic rings. The smallest absolute Gasteiger partial charge is 0.234 e. The van der Waals surface area contributed by atoms with Crippen LogP contribution < -0.4 is 5.32 Å². The zero-order valence-corrected chi connectivity index (χ0v) is 10.6. The van der Waals surface area contributed by atoms with E-state index in [4.69, 9.17) is 0 Å². The molecule has 4 rings (SSSR count). The van der Waals surface area contributed by atoms with Crippen LogP contribution in [0.4, 0.5) is 5.69 Å². The van der Waals surface area contributed by atoms with Gasteiger partial charge in [-0.1, -0.05) is 29.5 Å². The molecule has 1 unspecified atom stereocenters. The molecule has 3 heterocycles. The molecule has 0 amide bonds. The van der Waals surface area contributed by atoms with E-state index in [0.717, 1.165) is 22.2 Å². The van der Waals surface area contributed by atoms with Crippen LogP contribution in [-0.2, 0) is 6.42 Å². The predicted molar refractivity (Wildman–Crippen MR) is 69.9 cm³/mol. The molecule has 0 saturated carbocycles. The lowest BCUT2D eigenvalue weighted by Crippen LogP contribution is -2.06. The van der Waals surface area contributed by atoms with E-state index in [-0.39, 0.29) is 6.04 Å². The minimum absolute atomic E-state index is 0.258. The Bertz CT molecular complexity index is 704. The van der Waals surface area contributed by atoms with Gasteiger partial charge >= 0.3 is 0 Å². The summed E-state index contributed by atoms with van der Waals surface area (Å²) in [7, 11) is 0. The minimum atomic E-state index is 0.258. The van der Waals surface area contributed by atoms with Gasteiger partial charge in [-0.3, -0.25) is 0 Å². The zero-order chi connectivity index (χ0) is 12.1. The van der Waals surface area contributed by atoms with Crippen molar-refractivity contribution in [1.29, 1.82) is 0 Å². The predicted octanol–water partition coefficient (Wildman–Crippen LogP) is 2.20. The Balaban J connectivity index is 1.73. The van der Waals surface area contributed by atoms with Crippen molar-refractivity contribution in [3.05, 3.63) is 40.7 Å². The Morgan fingerprint density at radius 1 is 1.33 bits per heavy atom. The number of hydrogen-bond donors (Lipinski definition) is 1. The van der Waals surface area contributed by atoms with Gasteiger partial charge in [0, 0.05) is 12.1 Å². The molecule has 18 heavy (non-hydrogen) atoms. The number of hydrogen-bond acceptors (Lipinski definition) is 5. The molecule has 5 nitrogen and oxygen atoms in total. The first-order valence-corrected chi connectivity index (χ1v) is 6.66. The third kappa shape index (κ3) is 1.35. The van der Waals surface area contributed by atoms with Gasteiger partial charge in [-0.05, 0) is 18.6 Å². The molecule has 0 radical (unpaired) electrons. The highest BCUT2D eigenvalue weighted by atomic mass is 32.1. The summed E-state index contributed by atoms with van der Waals surface area (Å²) in [5.74, 6) is 0.836. The summed E-state index contributed by atoms with van der Waals surface area (Å²) in [6.07, 6.45) is 0.985. The van der Waals surface area contributed by atoms with Crippen molar-refractivity contribution in [3.63, 3.8) is 0 Å². The third-order valence-electron chi connectivity index (χ3n) is 3.23. The molecule has 2 aromatic heterocycles. The van der Waals surface area contributed by atoms with Crippen molar-refractivity contribution in [2.45, 2.75) is 19.4 Å². The van der Waals surface area contributed by atoms with Gasteiger partial charge in [-0.25, -0.2) is 0 Å². The maximum Gasteiger partial charge on any atom is 0.234 e. The van der Waals surface area contributed by atoms with Gasteiger partial charge < -0.3 is 5.32 Å². The number of benzene rings is 1. The minimum Gasteiger partial charge on any atom is -0.375 e. The number of fused-ring (bicyclic) bond motifs is 2. The standard InChI is InChI=1S/C12H11N5S/c1-7-14-15-12-17(7)16-11(18-12)10-6-8-4-2-3-5-9(8)13-10/h2-5,10,13H,6H2,1H3. The van der Waals surface area contributed by atoms with Gasteiger partial charge in [0.2, 0.25) is 4.96 Å². The molecular weight excluding hydrogens is 246 g/mol. The van der Waals surface area contributed by atoms with E-state index in [2.05, 4.69) is 44.9 Å².